The maximum atomic E-state index is 14.7. The van der Waals surface area contributed by atoms with Crippen LogP contribution in [0, 0.1) is 18.6 Å². The van der Waals surface area contributed by atoms with Crippen LogP contribution in [0.1, 0.15) is 41.2 Å². The van der Waals surface area contributed by atoms with E-state index in [1.165, 1.54) is 29.5 Å². The van der Waals surface area contributed by atoms with Crippen molar-refractivity contribution in [1.29, 1.82) is 0 Å². The van der Waals surface area contributed by atoms with Crippen LogP contribution in [0.25, 0.3) is 5.00 Å². The third-order valence-electron chi connectivity index (χ3n) is 5.01. The zero-order chi connectivity index (χ0) is 19.4. The Morgan fingerprint density at radius 1 is 1.18 bits per heavy atom. The summed E-state index contributed by atoms with van der Waals surface area (Å²) < 4.78 is 43.0. The molecule has 0 aliphatic carbocycles. The van der Waals surface area contributed by atoms with Crippen molar-refractivity contribution in [2.24, 2.45) is 4.99 Å². The van der Waals surface area contributed by atoms with Gasteiger partial charge in [0, 0.05) is 11.1 Å². The second-order valence-corrected chi connectivity index (χ2v) is 7.73. The average Bonchev–Trinajstić information content (AvgIpc) is 3.08. The van der Waals surface area contributed by atoms with E-state index in [1.54, 1.807) is 6.20 Å². The Morgan fingerprint density at radius 2 is 1.96 bits per heavy atom. The summed E-state index contributed by atoms with van der Waals surface area (Å²) in [6, 6.07) is 3.54. The molecule has 0 amide bonds. The van der Waals surface area contributed by atoms with Gasteiger partial charge in [-0.2, -0.15) is 0 Å². The minimum absolute atomic E-state index is 0.128. The number of halogens is 2. The van der Waals surface area contributed by atoms with E-state index in [1.807, 2.05) is 18.4 Å². The number of aryl methyl sites for hydroxylation is 1. The number of aliphatic imine (C=N–C) groups is 1. The van der Waals surface area contributed by atoms with Crippen molar-refractivity contribution in [3.63, 3.8) is 0 Å². The summed E-state index contributed by atoms with van der Waals surface area (Å²) in [7, 11) is 0. The van der Waals surface area contributed by atoms with Crippen LogP contribution in [0.4, 0.5) is 8.78 Å². The van der Waals surface area contributed by atoms with Gasteiger partial charge in [-0.1, -0.05) is 17.4 Å². The predicted octanol–water partition coefficient (Wildman–Crippen LogP) is 4.34. The first kappa shape index (κ1) is 17.5. The smallest absolute Gasteiger partial charge is 0.182 e. The van der Waals surface area contributed by atoms with Gasteiger partial charge in [-0.3, -0.25) is 9.56 Å². The van der Waals surface area contributed by atoms with Gasteiger partial charge >= 0.3 is 0 Å². The summed E-state index contributed by atoms with van der Waals surface area (Å²) >= 11 is 1.43. The largest absolute Gasteiger partial charge is 0.481 e. The lowest BCUT2D eigenvalue weighted by atomic mass is 9.99. The van der Waals surface area contributed by atoms with Gasteiger partial charge in [-0.15, -0.1) is 0 Å². The van der Waals surface area contributed by atoms with Crippen LogP contribution in [0.2, 0.25) is 0 Å². The van der Waals surface area contributed by atoms with Crippen LogP contribution in [0.15, 0.2) is 29.4 Å². The lowest BCUT2D eigenvalue weighted by molar-refractivity contribution is 0.107. The number of rotatable bonds is 1. The summed E-state index contributed by atoms with van der Waals surface area (Å²) in [5, 5.41) is 1.49. The molecule has 0 N–H and O–H groups in total. The molecule has 0 saturated carbocycles. The normalized spacial score (nSPS) is 18.3. The Morgan fingerprint density at radius 3 is 2.75 bits per heavy atom. The minimum Gasteiger partial charge on any atom is -0.481 e. The fraction of sp³-hybridized carbons (Fsp3) is 0.300. The average molecular weight is 401 g/mol. The molecule has 0 saturated heterocycles. The number of thiophene rings is 1. The number of hydrogen-bond acceptors (Lipinski definition) is 5. The molecule has 0 radical (unpaired) electrons. The van der Waals surface area contributed by atoms with Crippen LogP contribution < -0.4 is 4.74 Å². The summed E-state index contributed by atoms with van der Waals surface area (Å²) in [5.74, 6) is -0.506. The molecule has 2 aliphatic heterocycles. The molecule has 2 aromatic heterocycles. The third-order valence-corrected chi connectivity index (χ3v) is 6.14. The van der Waals surface area contributed by atoms with Gasteiger partial charge in [0.2, 0.25) is 0 Å². The van der Waals surface area contributed by atoms with E-state index in [4.69, 9.17) is 14.5 Å². The van der Waals surface area contributed by atoms with E-state index >= 15 is 0 Å². The molecule has 5 rings (SSSR count). The molecule has 8 heteroatoms. The topological polar surface area (TPSA) is 48.6 Å². The van der Waals surface area contributed by atoms with Crippen molar-refractivity contribution >= 4 is 17.0 Å². The first-order valence-electron chi connectivity index (χ1n) is 8.99. The lowest BCUT2D eigenvalue weighted by Gasteiger charge is -2.12. The molecule has 2 aliphatic rings. The Labute approximate surface area is 164 Å². The van der Waals surface area contributed by atoms with Crippen LogP contribution >= 0.6 is 11.3 Å². The summed E-state index contributed by atoms with van der Waals surface area (Å²) in [5.41, 5.74) is 2.44. The first-order chi connectivity index (χ1) is 13.6. The van der Waals surface area contributed by atoms with E-state index in [9.17, 15) is 8.78 Å². The fourth-order valence-corrected chi connectivity index (χ4v) is 4.96. The van der Waals surface area contributed by atoms with Crippen molar-refractivity contribution in [3.8, 4) is 10.1 Å². The third kappa shape index (κ3) is 2.51. The zero-order valence-electron chi connectivity index (χ0n) is 15.3. The standard InChI is InChI=1S/C20H17F2N3O2S/c1-10-15-8-23-11(2)25(15)19-16(12-9-26-6-7-27-20(12)28-19)18(24-10)17-13(21)4-3-5-14(17)22/h3-5,8,10H,6-7,9H2,1-2H3/t10-/m0/s1. The molecule has 1 atom stereocenters. The van der Waals surface area contributed by atoms with E-state index in [-0.39, 0.29) is 17.3 Å². The van der Waals surface area contributed by atoms with Crippen LogP contribution in [-0.4, -0.2) is 28.5 Å². The molecule has 3 aromatic rings. The van der Waals surface area contributed by atoms with Crippen LogP contribution in [0.3, 0.4) is 0 Å². The number of nitrogens with zero attached hydrogens (tertiary/aromatic N) is 3. The summed E-state index contributed by atoms with van der Waals surface area (Å²) in [6.07, 6.45) is 1.76. The molecule has 0 bridgehead atoms. The SMILES string of the molecule is Cc1ncc2n1-c1sc3c(c1C(c1c(F)cccc1F)=N[C@H]2C)COCCO3. The molecule has 144 valence electrons. The minimum atomic E-state index is -0.645. The molecule has 0 fully saturated rings. The first-order valence-corrected chi connectivity index (χ1v) is 9.81. The van der Waals surface area contributed by atoms with Gasteiger partial charge in [0.1, 0.15) is 29.1 Å². The molecule has 28 heavy (non-hydrogen) atoms. The second kappa shape index (κ2) is 6.49. The number of aromatic nitrogens is 2. The number of benzene rings is 1. The number of fused-ring (bicyclic) bond motifs is 5. The monoisotopic (exact) mass is 401 g/mol. The van der Waals surface area contributed by atoms with Crippen molar-refractivity contribution in [2.75, 3.05) is 13.2 Å². The highest BCUT2D eigenvalue weighted by Crippen LogP contribution is 2.45. The summed E-state index contributed by atoms with van der Waals surface area (Å²) in [6.45, 7) is 4.99. The summed E-state index contributed by atoms with van der Waals surface area (Å²) in [4.78, 5) is 9.17. The van der Waals surface area contributed by atoms with E-state index in [0.29, 0.717) is 30.4 Å². The second-order valence-electron chi connectivity index (χ2n) is 6.77. The highest BCUT2D eigenvalue weighted by Gasteiger charge is 2.33. The number of hydrogen-bond donors (Lipinski definition) is 0. The van der Waals surface area contributed by atoms with Crippen molar-refractivity contribution in [3.05, 3.63) is 64.2 Å². The fourth-order valence-electron chi connectivity index (χ4n) is 3.71. The van der Waals surface area contributed by atoms with Crippen molar-refractivity contribution in [2.45, 2.75) is 26.5 Å². The molecular weight excluding hydrogens is 384 g/mol. The molecule has 0 unspecified atom stereocenters. The molecular formula is C20H17F2N3O2S. The quantitative estimate of drug-likeness (QED) is 0.609. The molecule has 5 nitrogen and oxygen atoms in total. The van der Waals surface area contributed by atoms with Gasteiger partial charge in [0.25, 0.3) is 0 Å². The van der Waals surface area contributed by atoms with E-state index in [2.05, 4.69) is 4.98 Å². The Balaban J connectivity index is 1.87. The Bertz CT molecular complexity index is 1100. The maximum Gasteiger partial charge on any atom is 0.182 e. The van der Waals surface area contributed by atoms with Crippen molar-refractivity contribution < 1.29 is 18.3 Å². The maximum absolute atomic E-state index is 14.7. The highest BCUT2D eigenvalue weighted by atomic mass is 32.1. The van der Waals surface area contributed by atoms with Gasteiger partial charge < -0.3 is 9.47 Å². The molecule has 0 spiro atoms. The molecule has 4 heterocycles. The van der Waals surface area contributed by atoms with Gasteiger partial charge in [-0.05, 0) is 26.0 Å². The predicted molar refractivity (Wildman–Crippen MR) is 102 cm³/mol. The highest BCUT2D eigenvalue weighted by molar-refractivity contribution is 7.17. The van der Waals surface area contributed by atoms with Crippen LogP contribution in [-0.2, 0) is 11.3 Å². The Hall–Kier alpha value is -2.58. The van der Waals surface area contributed by atoms with E-state index in [0.717, 1.165) is 22.1 Å². The van der Waals surface area contributed by atoms with E-state index < -0.39 is 11.6 Å². The Kier molecular flexibility index (Phi) is 4.06. The lowest BCUT2D eigenvalue weighted by Crippen LogP contribution is -2.12. The number of ether oxygens (including phenoxy) is 2. The van der Waals surface area contributed by atoms with Gasteiger partial charge in [0.05, 0.1) is 42.4 Å². The van der Waals surface area contributed by atoms with Gasteiger partial charge in [0.15, 0.2) is 5.06 Å². The zero-order valence-corrected chi connectivity index (χ0v) is 16.1. The molecule has 1 aromatic carbocycles. The number of imidazole rings is 1. The van der Waals surface area contributed by atoms with Crippen molar-refractivity contribution in [1.82, 2.24) is 9.55 Å². The van der Waals surface area contributed by atoms with Crippen LogP contribution in [0.5, 0.6) is 5.06 Å². The van der Waals surface area contributed by atoms with Gasteiger partial charge in [-0.25, -0.2) is 13.8 Å².